The van der Waals surface area contributed by atoms with Gasteiger partial charge >= 0.3 is 5.69 Å². The van der Waals surface area contributed by atoms with Crippen LogP contribution in [0.5, 0.6) is 0 Å². The van der Waals surface area contributed by atoms with Crippen molar-refractivity contribution in [2.75, 3.05) is 36.2 Å². The smallest absolute Gasteiger partial charge is 0.329 e. The molecular weight excluding hydrogens is 274 g/mol. The fraction of sp³-hybridized carbons (Fsp3) is 0.556. The van der Waals surface area contributed by atoms with E-state index in [1.165, 1.54) is 0 Å². The van der Waals surface area contributed by atoms with E-state index in [1.807, 2.05) is 0 Å². The maximum atomic E-state index is 10.9. The highest BCUT2D eigenvalue weighted by atomic mass is 32.2. The van der Waals surface area contributed by atoms with Gasteiger partial charge in [0.2, 0.25) is 11.8 Å². The van der Waals surface area contributed by atoms with Gasteiger partial charge in [0.1, 0.15) is 16.0 Å². The lowest BCUT2D eigenvalue weighted by Gasteiger charge is -2.07. The maximum absolute atomic E-state index is 10.9. The summed E-state index contributed by atoms with van der Waals surface area (Å²) in [5.74, 6) is 0.326. The van der Waals surface area contributed by atoms with Crippen molar-refractivity contribution in [3.05, 3.63) is 16.3 Å². The second-order valence-electron chi connectivity index (χ2n) is 3.84. The lowest BCUT2D eigenvalue weighted by Crippen LogP contribution is -2.12. The number of nitrogens with zero attached hydrogens (tertiary/aromatic N) is 3. The third-order valence-electron chi connectivity index (χ3n) is 2.17. The predicted molar refractivity (Wildman–Crippen MR) is 71.1 cm³/mol. The highest BCUT2D eigenvalue weighted by Crippen LogP contribution is 2.21. The van der Waals surface area contributed by atoms with Crippen LogP contribution in [0.15, 0.2) is 6.20 Å². The summed E-state index contributed by atoms with van der Waals surface area (Å²) in [5, 5.41) is 16.2. The van der Waals surface area contributed by atoms with E-state index in [0.717, 1.165) is 12.5 Å². The molecule has 0 aliphatic carbocycles. The Morgan fingerprint density at radius 2 is 2.16 bits per heavy atom. The van der Waals surface area contributed by atoms with Crippen molar-refractivity contribution in [2.45, 2.75) is 6.42 Å². The van der Waals surface area contributed by atoms with Crippen molar-refractivity contribution in [3.8, 4) is 0 Å². The monoisotopic (exact) mass is 289 g/mol. The summed E-state index contributed by atoms with van der Waals surface area (Å²) < 4.78 is 21.9. The second kappa shape index (κ2) is 6.27. The first-order valence-electron chi connectivity index (χ1n) is 5.44. The minimum absolute atomic E-state index is 0.0117. The fourth-order valence-corrected chi connectivity index (χ4v) is 1.97. The molecule has 0 aromatic carbocycles. The van der Waals surface area contributed by atoms with Gasteiger partial charge in [0.15, 0.2) is 0 Å². The van der Waals surface area contributed by atoms with E-state index >= 15 is 0 Å². The van der Waals surface area contributed by atoms with Gasteiger partial charge in [0.05, 0.1) is 10.7 Å². The van der Waals surface area contributed by atoms with E-state index in [4.69, 9.17) is 0 Å². The molecule has 0 radical (unpaired) electrons. The molecular formula is C9H15N5O4S. The van der Waals surface area contributed by atoms with E-state index in [1.54, 1.807) is 7.05 Å². The summed E-state index contributed by atoms with van der Waals surface area (Å²) in [6.07, 6.45) is 2.58. The molecule has 1 aromatic heterocycles. The van der Waals surface area contributed by atoms with E-state index in [-0.39, 0.29) is 29.8 Å². The van der Waals surface area contributed by atoms with Gasteiger partial charge in [-0.3, -0.25) is 10.1 Å². The Kier molecular flexibility index (Phi) is 4.98. The molecule has 2 N–H and O–H groups in total. The van der Waals surface area contributed by atoms with Crippen molar-refractivity contribution < 1.29 is 13.3 Å². The molecule has 0 saturated heterocycles. The number of anilines is 2. The van der Waals surface area contributed by atoms with Gasteiger partial charge < -0.3 is 10.6 Å². The number of sulfone groups is 1. The molecule has 0 amide bonds. The highest BCUT2D eigenvalue weighted by molar-refractivity contribution is 7.90. The van der Waals surface area contributed by atoms with Gasteiger partial charge in [-0.05, 0) is 6.42 Å². The lowest BCUT2D eigenvalue weighted by molar-refractivity contribution is -0.384. The Morgan fingerprint density at radius 3 is 2.68 bits per heavy atom. The van der Waals surface area contributed by atoms with Gasteiger partial charge in [0.25, 0.3) is 0 Å². The normalized spacial score (nSPS) is 11.1. The minimum Gasteiger partial charge on any atom is -0.364 e. The van der Waals surface area contributed by atoms with Gasteiger partial charge in [-0.25, -0.2) is 13.4 Å². The summed E-state index contributed by atoms with van der Waals surface area (Å²) in [5.41, 5.74) is -0.252. The third-order valence-corrected chi connectivity index (χ3v) is 3.20. The number of hydrogen-bond donors (Lipinski definition) is 2. The van der Waals surface area contributed by atoms with Gasteiger partial charge in [0, 0.05) is 19.8 Å². The van der Waals surface area contributed by atoms with Crippen molar-refractivity contribution in [3.63, 3.8) is 0 Å². The average molecular weight is 289 g/mol. The molecule has 0 fully saturated rings. The summed E-state index contributed by atoms with van der Waals surface area (Å²) in [6.45, 7) is 0.272. The number of hydrogen-bond acceptors (Lipinski definition) is 8. The summed E-state index contributed by atoms with van der Waals surface area (Å²) in [6, 6.07) is 0. The van der Waals surface area contributed by atoms with Crippen LogP contribution >= 0.6 is 0 Å². The highest BCUT2D eigenvalue weighted by Gasteiger charge is 2.16. The van der Waals surface area contributed by atoms with E-state index in [2.05, 4.69) is 20.6 Å². The standard InChI is InChI=1S/C9H15N5O4S/c1-10-9-12-6-7(14(15)16)8(13-9)11-4-3-5-19(2,17)18/h6H,3-5H2,1-2H3,(H2,10,11,12,13). The topological polar surface area (TPSA) is 127 Å². The van der Waals surface area contributed by atoms with Crippen molar-refractivity contribution in [2.24, 2.45) is 0 Å². The molecule has 0 saturated carbocycles. The van der Waals surface area contributed by atoms with Crippen LogP contribution < -0.4 is 10.6 Å². The van der Waals surface area contributed by atoms with Crippen LogP contribution in [0.2, 0.25) is 0 Å². The summed E-state index contributed by atoms with van der Waals surface area (Å²) in [7, 11) is -1.44. The van der Waals surface area contributed by atoms with E-state index in [9.17, 15) is 18.5 Å². The van der Waals surface area contributed by atoms with Crippen molar-refractivity contribution >= 4 is 27.3 Å². The zero-order valence-corrected chi connectivity index (χ0v) is 11.4. The van der Waals surface area contributed by atoms with E-state index < -0.39 is 14.8 Å². The molecule has 0 aliphatic heterocycles. The molecule has 19 heavy (non-hydrogen) atoms. The van der Waals surface area contributed by atoms with Crippen LogP contribution in [0.25, 0.3) is 0 Å². The second-order valence-corrected chi connectivity index (χ2v) is 6.10. The largest absolute Gasteiger partial charge is 0.364 e. The molecule has 0 bridgehead atoms. The SMILES string of the molecule is CNc1ncc([N+](=O)[O-])c(NCCCS(C)(=O)=O)n1. The van der Waals surface area contributed by atoms with Crippen LogP contribution in [0.3, 0.4) is 0 Å². The molecule has 0 atom stereocenters. The lowest BCUT2D eigenvalue weighted by atomic mass is 10.4. The Morgan fingerprint density at radius 1 is 1.47 bits per heavy atom. The number of nitro groups is 1. The number of aromatic nitrogens is 2. The van der Waals surface area contributed by atoms with Crippen molar-refractivity contribution in [1.82, 2.24) is 9.97 Å². The molecule has 106 valence electrons. The summed E-state index contributed by atoms with van der Waals surface area (Å²) >= 11 is 0. The fourth-order valence-electron chi connectivity index (χ4n) is 1.30. The Bertz CT molecular complexity index is 560. The molecule has 1 rings (SSSR count). The van der Waals surface area contributed by atoms with Crippen LogP contribution in [0.4, 0.5) is 17.5 Å². The zero-order chi connectivity index (χ0) is 14.5. The molecule has 0 unspecified atom stereocenters. The molecule has 0 spiro atoms. The quantitative estimate of drug-likeness (QED) is 0.416. The zero-order valence-electron chi connectivity index (χ0n) is 10.6. The molecule has 0 aliphatic rings. The van der Waals surface area contributed by atoms with Gasteiger partial charge in [-0.2, -0.15) is 4.98 Å². The third kappa shape index (κ3) is 5.04. The Balaban J connectivity index is 2.72. The van der Waals surface area contributed by atoms with E-state index in [0.29, 0.717) is 6.42 Å². The molecule has 9 nitrogen and oxygen atoms in total. The average Bonchev–Trinajstić information content (AvgIpc) is 2.33. The Labute approximate surface area is 110 Å². The molecule has 10 heteroatoms. The van der Waals surface area contributed by atoms with Crippen LogP contribution in [-0.4, -0.2) is 48.9 Å². The molecule has 1 heterocycles. The molecule has 1 aromatic rings. The summed E-state index contributed by atoms with van der Waals surface area (Å²) in [4.78, 5) is 17.9. The van der Waals surface area contributed by atoms with Gasteiger partial charge in [-0.15, -0.1) is 0 Å². The van der Waals surface area contributed by atoms with Gasteiger partial charge in [-0.1, -0.05) is 0 Å². The first kappa shape index (κ1) is 15.1. The number of nitrogens with one attached hydrogen (secondary N) is 2. The first-order valence-corrected chi connectivity index (χ1v) is 7.50. The van der Waals surface area contributed by atoms with Crippen LogP contribution in [0, 0.1) is 10.1 Å². The van der Waals surface area contributed by atoms with Crippen molar-refractivity contribution in [1.29, 1.82) is 0 Å². The van der Waals surface area contributed by atoms with Crippen LogP contribution in [0.1, 0.15) is 6.42 Å². The number of rotatable bonds is 7. The minimum atomic E-state index is -3.04. The van der Waals surface area contributed by atoms with Crippen LogP contribution in [-0.2, 0) is 9.84 Å². The Hall–Kier alpha value is -1.97. The predicted octanol–water partition coefficient (Wildman–Crippen LogP) is 0.273. The first-order chi connectivity index (χ1) is 8.83. The maximum Gasteiger partial charge on any atom is 0.329 e.